The number of rotatable bonds is 5. The molecule has 6 unspecified atom stereocenters. The van der Waals surface area contributed by atoms with Gasteiger partial charge < -0.3 is 33.9 Å². The van der Waals surface area contributed by atoms with Crippen LogP contribution in [0.2, 0.25) is 0 Å². The Morgan fingerprint density at radius 2 is 1.10 bits per heavy atom. The minimum absolute atomic E-state index is 0.108. The summed E-state index contributed by atoms with van der Waals surface area (Å²) < 4.78 is 26.3. The van der Waals surface area contributed by atoms with E-state index in [4.69, 9.17) is 58.5 Å². The Bertz CT molecular complexity index is 1450. The van der Waals surface area contributed by atoms with Crippen LogP contribution in [0.4, 0.5) is 4.79 Å². The molecule has 8 rings (SSSR count). The smallest absolute Gasteiger partial charge is 0.410 e. The normalized spacial score (nSPS) is 36.3. The molecule has 6 heterocycles. The highest BCUT2D eigenvalue weighted by atomic mass is 35.6. The van der Waals surface area contributed by atoms with Crippen LogP contribution in [0.1, 0.15) is 53.3 Å². The predicted octanol–water partition coefficient (Wildman–Crippen LogP) is 4.06. The Balaban J connectivity index is 0.000000153. The molecule has 10 atom stereocenters. The molecule has 0 saturated carbocycles. The van der Waals surface area contributed by atoms with Crippen molar-refractivity contribution in [2.75, 3.05) is 13.7 Å². The molecule has 6 aliphatic rings. The van der Waals surface area contributed by atoms with E-state index < -0.39 is 33.9 Å². The predicted molar refractivity (Wildman–Crippen MR) is 173 cm³/mol. The average molecular weight is 728 g/mol. The number of fused-ring (bicyclic) bond motifs is 10. The molecule has 6 aliphatic heterocycles. The summed E-state index contributed by atoms with van der Waals surface area (Å²) in [6.45, 7) is 2.04. The first-order valence-electron chi connectivity index (χ1n) is 15.7. The number of alkyl halides is 3. The summed E-state index contributed by atoms with van der Waals surface area (Å²) in [5.74, 6) is -4.00. The molecule has 6 fully saturated rings. The lowest BCUT2D eigenvalue weighted by atomic mass is 9.95. The fourth-order valence-electron chi connectivity index (χ4n) is 7.45. The molecule has 0 spiro atoms. The fourth-order valence-corrected chi connectivity index (χ4v) is 7.45. The number of aliphatic hydroxyl groups is 2. The van der Waals surface area contributed by atoms with Crippen LogP contribution in [0.5, 0.6) is 0 Å². The van der Waals surface area contributed by atoms with Crippen LogP contribution in [0.3, 0.4) is 0 Å². The third-order valence-electron chi connectivity index (χ3n) is 9.58. The molecule has 0 aromatic heterocycles. The van der Waals surface area contributed by atoms with Gasteiger partial charge in [-0.05, 0) is 38.2 Å². The van der Waals surface area contributed by atoms with Crippen molar-refractivity contribution in [2.24, 2.45) is 0 Å². The van der Waals surface area contributed by atoms with Crippen molar-refractivity contribution in [3.05, 3.63) is 71.8 Å². The Morgan fingerprint density at radius 3 is 1.48 bits per heavy atom. The molecule has 6 saturated heterocycles. The first-order valence-corrected chi connectivity index (χ1v) is 17.1. The number of morpholine rings is 2. The summed E-state index contributed by atoms with van der Waals surface area (Å²) >= 11 is 14.4. The quantitative estimate of drug-likeness (QED) is 0.151. The number of halogens is 3. The summed E-state index contributed by atoms with van der Waals surface area (Å²) in [5.41, 5.74) is 0.848. The van der Waals surface area contributed by atoms with E-state index in [9.17, 15) is 24.6 Å². The second kappa shape index (κ2) is 13.9. The van der Waals surface area contributed by atoms with Gasteiger partial charge in [-0.1, -0.05) is 71.2 Å². The monoisotopic (exact) mass is 726 g/mol. The van der Waals surface area contributed by atoms with E-state index in [0.717, 1.165) is 0 Å². The molecular weight excluding hydrogens is 691 g/mol. The number of amides is 1. The summed E-state index contributed by atoms with van der Waals surface area (Å²) in [6.07, 6.45) is 0.875. The van der Waals surface area contributed by atoms with Crippen LogP contribution in [0.15, 0.2) is 60.7 Å². The Morgan fingerprint density at radius 1 is 0.750 bits per heavy atom. The van der Waals surface area contributed by atoms with E-state index in [0.29, 0.717) is 24.0 Å². The van der Waals surface area contributed by atoms with E-state index >= 15 is 0 Å². The molecule has 12 nitrogen and oxygen atoms in total. The van der Waals surface area contributed by atoms with E-state index in [1.165, 1.54) is 0 Å². The average Bonchev–Trinajstić information content (AvgIpc) is 3.96. The largest absolute Gasteiger partial charge is 0.450 e. The summed E-state index contributed by atoms with van der Waals surface area (Å²) in [5, 5.41) is 21.4. The number of hydrogen-bond acceptors (Lipinski definition) is 11. The van der Waals surface area contributed by atoms with Crippen molar-refractivity contribution in [3.63, 3.8) is 0 Å². The second-order valence-corrected chi connectivity index (χ2v) is 14.6. The lowest BCUT2D eigenvalue weighted by Crippen LogP contribution is -2.58. The van der Waals surface area contributed by atoms with E-state index in [2.05, 4.69) is 4.90 Å². The zero-order valence-electron chi connectivity index (χ0n) is 26.2. The Kier molecular flexibility index (Phi) is 10.2. The molecule has 0 aliphatic carbocycles. The van der Waals surface area contributed by atoms with Crippen LogP contribution in [-0.4, -0.2) is 116 Å². The number of esters is 2. The van der Waals surface area contributed by atoms with Crippen molar-refractivity contribution >= 4 is 52.8 Å². The van der Waals surface area contributed by atoms with Crippen LogP contribution < -0.4 is 0 Å². The number of nitrogens with zero attached hydrogens (tertiary/aromatic N) is 2. The van der Waals surface area contributed by atoms with Gasteiger partial charge in [-0.15, -0.1) is 0 Å². The van der Waals surface area contributed by atoms with E-state index in [-0.39, 0.29) is 68.0 Å². The summed E-state index contributed by atoms with van der Waals surface area (Å²) in [4.78, 5) is 40.4. The number of carbonyl (C=O) groups excluding carboxylic acids is 3. The van der Waals surface area contributed by atoms with Crippen molar-refractivity contribution < 1.29 is 48.3 Å². The molecule has 2 aromatic rings. The molecule has 15 heteroatoms. The number of epoxide rings is 2. The SMILES string of the molecule is CCOC(=O)N1C2CC(O)(OC(=O)c3ccccc3)CC1[C@@H]1O[C@H]21.CN1C2CC(O)(OC(=O)c3ccccc3)CC1[C@@H]1O[C@H]21.ClC(Cl)Cl. The van der Waals surface area contributed by atoms with Gasteiger partial charge in [-0.2, -0.15) is 0 Å². The zero-order valence-corrected chi connectivity index (χ0v) is 28.5. The molecule has 0 radical (unpaired) electrons. The molecule has 48 heavy (non-hydrogen) atoms. The van der Waals surface area contributed by atoms with Gasteiger partial charge in [-0.25, -0.2) is 14.4 Å². The standard InChI is InChI=1S/C17H19NO6.C15H17NO4.CHCl3/c1-2-22-16(20)18-11-8-17(21,9-12(18)14-13(11)23-14)24-15(19)10-6-4-3-5-7-10;1-16-10-7-15(18,8-11(16)13-12(10)19-13)20-14(17)9-5-3-2-4-6-9;2-1(3)4/h3-7,11-14,21H,2,8-9H2,1H3;2-6,10-13,18H,7-8H2,1H3;1H/t11?,12?,13-,14+,17?;10?,11?,12-,13+,15?;. The van der Waals surface area contributed by atoms with Crippen molar-refractivity contribution in [1.29, 1.82) is 0 Å². The zero-order chi connectivity index (χ0) is 34.4. The Labute approximate surface area is 292 Å². The van der Waals surface area contributed by atoms with Crippen molar-refractivity contribution in [2.45, 2.75) is 97.1 Å². The van der Waals surface area contributed by atoms with Crippen molar-refractivity contribution in [1.82, 2.24) is 9.80 Å². The number of hydrogen-bond donors (Lipinski definition) is 2. The number of piperidine rings is 2. The number of benzene rings is 2. The summed E-state index contributed by atoms with van der Waals surface area (Å²) in [6, 6.07) is 16.9. The molecule has 1 amide bonds. The van der Waals surface area contributed by atoms with Gasteiger partial charge in [-0.3, -0.25) is 9.80 Å². The number of carbonyl (C=O) groups is 3. The maximum absolute atomic E-state index is 12.2. The molecule has 260 valence electrons. The van der Waals surface area contributed by atoms with Gasteiger partial charge in [0, 0.05) is 37.8 Å². The van der Waals surface area contributed by atoms with Gasteiger partial charge in [0.2, 0.25) is 11.6 Å². The lowest BCUT2D eigenvalue weighted by Gasteiger charge is -2.43. The first kappa shape index (κ1) is 35.2. The Hall–Kier alpha value is -2.68. The van der Waals surface area contributed by atoms with Crippen LogP contribution >= 0.6 is 34.8 Å². The van der Waals surface area contributed by atoms with Crippen LogP contribution in [-0.2, 0) is 23.7 Å². The van der Waals surface area contributed by atoms with Gasteiger partial charge in [0.05, 0.1) is 29.8 Å². The minimum Gasteiger partial charge on any atom is -0.450 e. The van der Waals surface area contributed by atoms with Crippen LogP contribution in [0.25, 0.3) is 0 Å². The minimum atomic E-state index is -1.60. The van der Waals surface area contributed by atoms with Gasteiger partial charge in [0.25, 0.3) is 0 Å². The topological polar surface area (TPSA) is 151 Å². The second-order valence-electron chi connectivity index (χ2n) is 12.6. The molecular formula is C33H37Cl3N2O10. The highest BCUT2D eigenvalue weighted by molar-refractivity contribution is 6.63. The first-order chi connectivity index (χ1) is 22.8. The third kappa shape index (κ3) is 7.41. The van der Waals surface area contributed by atoms with Crippen molar-refractivity contribution in [3.8, 4) is 0 Å². The summed E-state index contributed by atoms with van der Waals surface area (Å²) in [7, 11) is 2.05. The maximum Gasteiger partial charge on any atom is 0.410 e. The van der Waals surface area contributed by atoms with E-state index in [1.807, 2.05) is 13.1 Å². The van der Waals surface area contributed by atoms with E-state index in [1.54, 1.807) is 66.4 Å². The van der Waals surface area contributed by atoms with Gasteiger partial charge in [0.15, 0.2) is 4.30 Å². The lowest BCUT2D eigenvalue weighted by molar-refractivity contribution is -0.211. The molecule has 4 bridgehead atoms. The highest BCUT2D eigenvalue weighted by Gasteiger charge is 2.69. The number of ether oxygens (including phenoxy) is 5. The number of likely N-dealkylation sites (N-methyl/N-ethyl adjacent to an activating group) is 1. The third-order valence-corrected chi connectivity index (χ3v) is 9.58. The van der Waals surface area contributed by atoms with Gasteiger partial charge in [0.1, 0.15) is 24.4 Å². The van der Waals surface area contributed by atoms with Crippen LogP contribution in [0, 0.1) is 0 Å². The highest BCUT2D eigenvalue weighted by Crippen LogP contribution is 2.52. The fraction of sp³-hybridized carbons (Fsp3) is 0.545. The maximum atomic E-state index is 12.2. The molecule has 2 N–H and O–H groups in total. The van der Waals surface area contributed by atoms with Gasteiger partial charge >= 0.3 is 18.0 Å². The molecule has 2 aromatic carbocycles.